The summed E-state index contributed by atoms with van der Waals surface area (Å²) in [6, 6.07) is 9.49. The fourth-order valence-corrected chi connectivity index (χ4v) is 2.59. The van der Waals surface area contributed by atoms with Crippen LogP contribution >= 0.6 is 11.3 Å². The molecule has 108 valence electrons. The normalized spacial score (nSPS) is 9.86. The van der Waals surface area contributed by atoms with Crippen LogP contribution in [0.25, 0.3) is 0 Å². The minimum atomic E-state index is -0.121. The van der Waals surface area contributed by atoms with Gasteiger partial charge in [0.2, 0.25) is 0 Å². The van der Waals surface area contributed by atoms with E-state index in [-0.39, 0.29) is 12.5 Å². The van der Waals surface area contributed by atoms with Crippen LogP contribution in [0.3, 0.4) is 0 Å². The van der Waals surface area contributed by atoms with E-state index >= 15 is 0 Å². The maximum Gasteiger partial charge on any atom is 0.265 e. The van der Waals surface area contributed by atoms with Gasteiger partial charge >= 0.3 is 0 Å². The Balaban J connectivity index is 2.24. The monoisotopic (exact) mass is 299 g/mol. The molecule has 0 saturated carbocycles. The predicted octanol–water partition coefficient (Wildman–Crippen LogP) is 3.35. The van der Waals surface area contributed by atoms with Gasteiger partial charge in [0, 0.05) is 16.9 Å². The van der Waals surface area contributed by atoms with Gasteiger partial charge in [-0.3, -0.25) is 4.79 Å². The van der Waals surface area contributed by atoms with Crippen LogP contribution in [0.5, 0.6) is 0 Å². The molecule has 4 heteroatoms. The topological polar surface area (TPSA) is 49.3 Å². The summed E-state index contributed by atoms with van der Waals surface area (Å²) >= 11 is 1.47. The zero-order valence-electron chi connectivity index (χ0n) is 12.1. The number of hydrogen-bond acceptors (Lipinski definition) is 3. The lowest BCUT2D eigenvalue weighted by Gasteiger charge is -2.07. The summed E-state index contributed by atoms with van der Waals surface area (Å²) in [5, 5.41) is 11.7. The van der Waals surface area contributed by atoms with Crippen molar-refractivity contribution in [2.24, 2.45) is 0 Å². The molecule has 0 fully saturated rings. The number of benzene rings is 1. The number of aliphatic hydroxyl groups is 1. The molecule has 2 N–H and O–H groups in total. The molecule has 0 aliphatic heterocycles. The average Bonchev–Trinajstić information content (AvgIpc) is 2.88. The fraction of sp³-hybridized carbons (Fsp3) is 0.235. The van der Waals surface area contributed by atoms with Crippen molar-refractivity contribution in [2.75, 3.05) is 11.9 Å². The van der Waals surface area contributed by atoms with E-state index in [0.717, 1.165) is 16.0 Å². The van der Waals surface area contributed by atoms with Crippen LogP contribution in [0.4, 0.5) is 5.69 Å². The molecule has 0 spiro atoms. The summed E-state index contributed by atoms with van der Waals surface area (Å²) in [5.74, 6) is 5.74. The smallest absolute Gasteiger partial charge is 0.265 e. The number of anilines is 1. The van der Waals surface area contributed by atoms with Crippen molar-refractivity contribution in [1.82, 2.24) is 0 Å². The van der Waals surface area contributed by atoms with Crippen molar-refractivity contribution in [1.29, 1.82) is 0 Å². The van der Waals surface area contributed by atoms with Crippen LogP contribution in [-0.2, 0) is 0 Å². The van der Waals surface area contributed by atoms with E-state index < -0.39 is 0 Å². The Morgan fingerprint density at radius 1 is 1.29 bits per heavy atom. The SMILES string of the molecule is Cc1ccc(C#CCCO)c(NC(=O)c2ccc(C)s2)c1. The summed E-state index contributed by atoms with van der Waals surface area (Å²) in [4.78, 5) is 14.0. The standard InChI is InChI=1S/C17H17NO2S/c1-12-6-8-14(5-3-4-10-19)15(11-12)18-17(20)16-9-7-13(2)21-16/h6-9,11,19H,4,10H2,1-2H3,(H,18,20). The van der Waals surface area contributed by atoms with E-state index in [9.17, 15) is 4.79 Å². The highest BCUT2D eigenvalue weighted by atomic mass is 32.1. The molecule has 2 aromatic rings. The Morgan fingerprint density at radius 3 is 2.76 bits per heavy atom. The maximum absolute atomic E-state index is 12.2. The third kappa shape index (κ3) is 4.19. The van der Waals surface area contributed by atoms with Gasteiger partial charge in [0.1, 0.15) is 0 Å². The summed E-state index contributed by atoms with van der Waals surface area (Å²) in [5.41, 5.74) is 2.52. The molecular weight excluding hydrogens is 282 g/mol. The molecule has 2 rings (SSSR count). The molecule has 0 bridgehead atoms. The first-order valence-corrected chi connectivity index (χ1v) is 7.50. The van der Waals surface area contributed by atoms with E-state index in [4.69, 9.17) is 5.11 Å². The molecule has 0 atom stereocenters. The van der Waals surface area contributed by atoms with Gasteiger partial charge in [-0.15, -0.1) is 11.3 Å². The summed E-state index contributed by atoms with van der Waals surface area (Å²) in [7, 11) is 0. The Hall–Kier alpha value is -2.09. The first-order valence-electron chi connectivity index (χ1n) is 6.68. The van der Waals surface area contributed by atoms with Gasteiger partial charge in [0.25, 0.3) is 5.91 Å². The predicted molar refractivity (Wildman–Crippen MR) is 86.8 cm³/mol. The van der Waals surface area contributed by atoms with Crippen molar-refractivity contribution in [3.63, 3.8) is 0 Å². The Labute approximate surface area is 128 Å². The highest BCUT2D eigenvalue weighted by Gasteiger charge is 2.10. The summed E-state index contributed by atoms with van der Waals surface area (Å²) < 4.78 is 0. The highest BCUT2D eigenvalue weighted by molar-refractivity contribution is 7.14. The van der Waals surface area contributed by atoms with Gasteiger partial charge in [-0.1, -0.05) is 17.9 Å². The molecule has 3 nitrogen and oxygen atoms in total. The van der Waals surface area contributed by atoms with Crippen molar-refractivity contribution in [3.05, 3.63) is 51.2 Å². The third-order valence-corrected chi connectivity index (χ3v) is 3.85. The average molecular weight is 299 g/mol. The van der Waals surface area contributed by atoms with Crippen molar-refractivity contribution in [3.8, 4) is 11.8 Å². The molecule has 1 aromatic carbocycles. The maximum atomic E-state index is 12.2. The summed E-state index contributed by atoms with van der Waals surface area (Å²) in [6.45, 7) is 3.98. The van der Waals surface area contributed by atoms with Gasteiger partial charge in [-0.2, -0.15) is 0 Å². The molecule has 0 saturated heterocycles. The second-order valence-corrected chi connectivity index (χ2v) is 5.98. The van der Waals surface area contributed by atoms with Crippen LogP contribution in [0.1, 0.15) is 32.1 Å². The van der Waals surface area contributed by atoms with E-state index in [1.165, 1.54) is 11.3 Å². The number of amides is 1. The lowest BCUT2D eigenvalue weighted by molar-refractivity contribution is 0.103. The number of nitrogens with one attached hydrogen (secondary N) is 1. The summed E-state index contributed by atoms with van der Waals surface area (Å²) in [6.07, 6.45) is 0.422. The number of carbonyl (C=O) groups excluding carboxylic acids is 1. The fourth-order valence-electron chi connectivity index (χ4n) is 1.82. The van der Waals surface area contributed by atoms with Crippen LogP contribution in [0.2, 0.25) is 0 Å². The largest absolute Gasteiger partial charge is 0.395 e. The van der Waals surface area contributed by atoms with E-state index in [1.54, 1.807) is 0 Å². The van der Waals surface area contributed by atoms with E-state index in [1.807, 2.05) is 44.2 Å². The molecule has 21 heavy (non-hydrogen) atoms. The zero-order chi connectivity index (χ0) is 15.2. The van der Waals surface area contributed by atoms with Crippen molar-refractivity contribution >= 4 is 22.9 Å². The molecule has 0 aliphatic carbocycles. The van der Waals surface area contributed by atoms with Gasteiger partial charge in [-0.05, 0) is 43.7 Å². The third-order valence-electron chi connectivity index (χ3n) is 2.85. The minimum absolute atomic E-state index is 0.0367. The highest BCUT2D eigenvalue weighted by Crippen LogP contribution is 2.20. The molecule has 0 unspecified atom stereocenters. The van der Waals surface area contributed by atoms with Crippen LogP contribution in [0.15, 0.2) is 30.3 Å². The molecular formula is C17H17NO2S. The number of aliphatic hydroxyl groups excluding tert-OH is 1. The van der Waals surface area contributed by atoms with Gasteiger partial charge in [-0.25, -0.2) is 0 Å². The van der Waals surface area contributed by atoms with Gasteiger partial charge < -0.3 is 10.4 Å². The number of rotatable bonds is 3. The second kappa shape index (κ2) is 7.07. The Bertz CT molecular complexity index is 707. The van der Waals surface area contributed by atoms with Crippen LogP contribution < -0.4 is 5.32 Å². The van der Waals surface area contributed by atoms with Crippen LogP contribution in [0, 0.1) is 25.7 Å². The Morgan fingerprint density at radius 2 is 2.10 bits per heavy atom. The quantitative estimate of drug-likeness (QED) is 0.854. The van der Waals surface area contributed by atoms with Crippen LogP contribution in [-0.4, -0.2) is 17.6 Å². The van der Waals surface area contributed by atoms with Crippen molar-refractivity contribution < 1.29 is 9.90 Å². The number of carbonyl (C=O) groups is 1. The molecule has 1 aromatic heterocycles. The zero-order valence-corrected chi connectivity index (χ0v) is 12.9. The first kappa shape index (κ1) is 15.3. The first-order chi connectivity index (χ1) is 10.1. The van der Waals surface area contributed by atoms with Crippen molar-refractivity contribution in [2.45, 2.75) is 20.3 Å². The molecule has 1 heterocycles. The molecule has 0 aliphatic rings. The number of aryl methyl sites for hydroxylation is 2. The number of hydrogen-bond donors (Lipinski definition) is 2. The minimum Gasteiger partial charge on any atom is -0.395 e. The van der Waals surface area contributed by atoms with E-state index in [2.05, 4.69) is 17.2 Å². The second-order valence-electron chi connectivity index (χ2n) is 4.69. The molecule has 0 radical (unpaired) electrons. The molecule has 1 amide bonds. The lowest BCUT2D eigenvalue weighted by atomic mass is 10.1. The van der Waals surface area contributed by atoms with Gasteiger partial charge in [0.05, 0.1) is 17.2 Å². The van der Waals surface area contributed by atoms with E-state index in [0.29, 0.717) is 17.0 Å². The van der Waals surface area contributed by atoms with Gasteiger partial charge in [0.15, 0.2) is 0 Å². The number of thiophene rings is 1. The lowest BCUT2D eigenvalue weighted by Crippen LogP contribution is -2.11. The Kier molecular flexibility index (Phi) is 5.15.